The Labute approximate surface area is 124 Å². The molecule has 0 amide bonds. The summed E-state index contributed by atoms with van der Waals surface area (Å²) in [7, 11) is 0. The molecule has 0 bridgehead atoms. The van der Waals surface area contributed by atoms with Gasteiger partial charge in [0, 0.05) is 17.2 Å². The number of fused-ring (bicyclic) bond motifs is 1. The van der Waals surface area contributed by atoms with Crippen LogP contribution in [0.25, 0.3) is 0 Å². The van der Waals surface area contributed by atoms with Crippen molar-refractivity contribution >= 4 is 28.9 Å². The largest absolute Gasteiger partial charge is 0.293 e. The minimum absolute atomic E-state index is 0.0286. The molecule has 0 unspecified atom stereocenters. The van der Waals surface area contributed by atoms with Crippen LogP contribution in [0.3, 0.4) is 0 Å². The van der Waals surface area contributed by atoms with Crippen molar-refractivity contribution < 1.29 is 14.5 Å². The number of Topliss-reactive ketones (excluding diaryl/α,β-unsaturated/α-hetero) is 2. The smallest absolute Gasteiger partial charge is 0.288 e. The van der Waals surface area contributed by atoms with Crippen molar-refractivity contribution in [2.45, 2.75) is 5.92 Å². The summed E-state index contributed by atoms with van der Waals surface area (Å²) >= 11 is 5.75. The van der Waals surface area contributed by atoms with Gasteiger partial charge in [-0.25, -0.2) is 0 Å². The van der Waals surface area contributed by atoms with E-state index in [0.29, 0.717) is 11.1 Å². The van der Waals surface area contributed by atoms with Crippen LogP contribution < -0.4 is 0 Å². The van der Waals surface area contributed by atoms with E-state index in [4.69, 9.17) is 11.6 Å². The van der Waals surface area contributed by atoms with Gasteiger partial charge < -0.3 is 0 Å². The van der Waals surface area contributed by atoms with Gasteiger partial charge in [-0.05, 0) is 11.6 Å². The number of hydrogen-bond acceptors (Lipinski definition) is 4. The van der Waals surface area contributed by atoms with Crippen molar-refractivity contribution in [2.75, 3.05) is 0 Å². The summed E-state index contributed by atoms with van der Waals surface area (Å²) in [6.45, 7) is 0. The maximum atomic E-state index is 12.4. The third-order valence-corrected chi connectivity index (χ3v) is 3.80. The molecule has 5 nitrogen and oxygen atoms in total. The maximum Gasteiger partial charge on any atom is 0.288 e. The molecule has 6 heteroatoms. The quantitative estimate of drug-likeness (QED) is 0.484. The zero-order valence-electron chi connectivity index (χ0n) is 10.6. The molecule has 104 valence electrons. The van der Waals surface area contributed by atoms with E-state index in [1.165, 1.54) is 18.2 Å². The van der Waals surface area contributed by atoms with Crippen LogP contribution in [0.4, 0.5) is 5.69 Å². The fraction of sp³-hybridized carbons (Fsp3) is 0.0667. The molecule has 0 spiro atoms. The lowest BCUT2D eigenvalue weighted by Gasteiger charge is -2.07. The summed E-state index contributed by atoms with van der Waals surface area (Å²) < 4.78 is 0. The molecule has 21 heavy (non-hydrogen) atoms. The lowest BCUT2D eigenvalue weighted by Crippen LogP contribution is -2.13. The Morgan fingerprint density at radius 3 is 2.10 bits per heavy atom. The average molecular weight is 302 g/mol. The van der Waals surface area contributed by atoms with Crippen molar-refractivity contribution in [3.8, 4) is 0 Å². The first-order valence-electron chi connectivity index (χ1n) is 6.12. The van der Waals surface area contributed by atoms with E-state index in [2.05, 4.69) is 0 Å². The van der Waals surface area contributed by atoms with E-state index in [1.807, 2.05) is 0 Å². The molecule has 0 radical (unpaired) electrons. The predicted octanol–water partition coefficient (Wildman–Crippen LogP) is 3.41. The normalized spacial score (nSPS) is 14.3. The molecule has 0 saturated carbocycles. The summed E-state index contributed by atoms with van der Waals surface area (Å²) in [6, 6.07) is 10.5. The van der Waals surface area contributed by atoms with E-state index in [1.54, 1.807) is 24.3 Å². The number of carbonyl (C=O) groups excluding carboxylic acids is 2. The zero-order valence-corrected chi connectivity index (χ0v) is 11.3. The molecule has 1 aliphatic carbocycles. The first kappa shape index (κ1) is 13.5. The van der Waals surface area contributed by atoms with E-state index in [0.717, 1.165) is 0 Å². The molecule has 2 aromatic carbocycles. The Hall–Kier alpha value is -2.53. The monoisotopic (exact) mass is 301 g/mol. The highest BCUT2D eigenvalue weighted by Gasteiger charge is 2.39. The third-order valence-electron chi connectivity index (χ3n) is 3.48. The fourth-order valence-corrected chi connectivity index (χ4v) is 2.68. The molecule has 0 heterocycles. The Bertz CT molecular complexity index is 765. The van der Waals surface area contributed by atoms with Gasteiger partial charge in [-0.2, -0.15) is 0 Å². The van der Waals surface area contributed by atoms with Crippen molar-refractivity contribution in [2.24, 2.45) is 0 Å². The number of halogens is 1. The van der Waals surface area contributed by atoms with Gasteiger partial charge in [0.05, 0.1) is 4.92 Å². The second-order valence-corrected chi connectivity index (χ2v) is 5.08. The summed E-state index contributed by atoms with van der Waals surface area (Å²) in [6.07, 6.45) is 0. The minimum atomic E-state index is -1.03. The Balaban J connectivity index is 2.11. The summed E-state index contributed by atoms with van der Waals surface area (Å²) in [5.41, 5.74) is 0.679. The molecule has 3 rings (SSSR count). The molecule has 0 fully saturated rings. The first-order chi connectivity index (χ1) is 10.0. The second kappa shape index (κ2) is 4.79. The number of hydrogen-bond donors (Lipinski definition) is 0. The molecule has 0 aromatic heterocycles. The number of nitro benzene ring substituents is 1. The van der Waals surface area contributed by atoms with Crippen molar-refractivity contribution in [1.82, 2.24) is 0 Å². The lowest BCUT2D eigenvalue weighted by atomic mass is 9.94. The highest BCUT2D eigenvalue weighted by Crippen LogP contribution is 2.36. The van der Waals surface area contributed by atoms with Gasteiger partial charge in [-0.1, -0.05) is 41.9 Å². The standard InChI is InChI=1S/C15H8ClNO4/c16-11-6-5-8(7-12(11)17(20)21)13-14(18)9-3-1-2-4-10(9)15(13)19/h1-7,13H. The van der Waals surface area contributed by atoms with Gasteiger partial charge in [-0.3, -0.25) is 19.7 Å². The van der Waals surface area contributed by atoms with Gasteiger partial charge >= 0.3 is 0 Å². The van der Waals surface area contributed by atoms with Gasteiger partial charge in [0.2, 0.25) is 0 Å². The Morgan fingerprint density at radius 1 is 1.00 bits per heavy atom. The van der Waals surface area contributed by atoms with Crippen LogP contribution >= 0.6 is 11.6 Å². The van der Waals surface area contributed by atoms with Crippen molar-refractivity contribution in [3.63, 3.8) is 0 Å². The Kier molecular flexibility index (Phi) is 3.07. The van der Waals surface area contributed by atoms with Crippen LogP contribution in [0, 0.1) is 10.1 Å². The van der Waals surface area contributed by atoms with Crippen LogP contribution in [0.15, 0.2) is 42.5 Å². The highest BCUT2D eigenvalue weighted by molar-refractivity contribution is 6.33. The maximum absolute atomic E-state index is 12.4. The van der Waals surface area contributed by atoms with E-state index < -0.39 is 10.8 Å². The highest BCUT2D eigenvalue weighted by atomic mass is 35.5. The van der Waals surface area contributed by atoms with Crippen molar-refractivity contribution in [1.29, 1.82) is 0 Å². The SMILES string of the molecule is O=C1c2ccccc2C(=O)C1c1ccc(Cl)c([N+](=O)[O-])c1. The number of carbonyl (C=O) groups is 2. The van der Waals surface area contributed by atoms with Crippen molar-refractivity contribution in [3.05, 3.63) is 74.3 Å². The van der Waals surface area contributed by atoms with Crippen LogP contribution in [0.5, 0.6) is 0 Å². The van der Waals surface area contributed by atoms with E-state index in [9.17, 15) is 19.7 Å². The molecular weight excluding hydrogens is 294 g/mol. The molecule has 0 atom stereocenters. The number of nitro groups is 1. The molecular formula is C15H8ClNO4. The predicted molar refractivity (Wildman–Crippen MR) is 76.0 cm³/mol. The van der Waals surface area contributed by atoms with Crippen LogP contribution in [-0.4, -0.2) is 16.5 Å². The van der Waals surface area contributed by atoms with E-state index in [-0.39, 0.29) is 27.8 Å². The van der Waals surface area contributed by atoms with Gasteiger partial charge in [0.1, 0.15) is 10.9 Å². The summed E-state index contributed by atoms with van der Waals surface area (Å²) in [4.78, 5) is 35.0. The Morgan fingerprint density at radius 2 is 1.57 bits per heavy atom. The zero-order chi connectivity index (χ0) is 15.1. The molecule has 1 aliphatic rings. The minimum Gasteiger partial charge on any atom is -0.293 e. The lowest BCUT2D eigenvalue weighted by molar-refractivity contribution is -0.384. The van der Waals surface area contributed by atoms with E-state index >= 15 is 0 Å². The average Bonchev–Trinajstić information content (AvgIpc) is 2.72. The van der Waals surface area contributed by atoms with Crippen LogP contribution in [-0.2, 0) is 0 Å². The van der Waals surface area contributed by atoms with Crippen LogP contribution in [0.2, 0.25) is 5.02 Å². The number of nitrogens with zero attached hydrogens (tertiary/aromatic N) is 1. The van der Waals surface area contributed by atoms with Crippen LogP contribution in [0.1, 0.15) is 32.2 Å². The first-order valence-corrected chi connectivity index (χ1v) is 6.50. The summed E-state index contributed by atoms with van der Waals surface area (Å²) in [5.74, 6) is -1.71. The topological polar surface area (TPSA) is 77.3 Å². The molecule has 0 saturated heterocycles. The number of benzene rings is 2. The molecule has 0 N–H and O–H groups in total. The summed E-state index contributed by atoms with van der Waals surface area (Å²) in [5, 5.41) is 10.9. The van der Waals surface area contributed by atoms with Gasteiger partial charge in [-0.15, -0.1) is 0 Å². The molecule has 0 aliphatic heterocycles. The third kappa shape index (κ3) is 2.02. The van der Waals surface area contributed by atoms with Gasteiger partial charge in [0.15, 0.2) is 11.6 Å². The molecule has 2 aromatic rings. The van der Waals surface area contributed by atoms with Gasteiger partial charge in [0.25, 0.3) is 5.69 Å². The number of ketones is 2. The fourth-order valence-electron chi connectivity index (χ4n) is 2.49. The second-order valence-electron chi connectivity index (χ2n) is 4.68. The number of rotatable bonds is 2.